The van der Waals surface area contributed by atoms with Crippen LogP contribution < -0.4 is 10.9 Å². The molecule has 0 fully saturated rings. The molecule has 0 unspecified atom stereocenters. The minimum absolute atomic E-state index is 0.0223. The van der Waals surface area contributed by atoms with Crippen molar-refractivity contribution in [1.29, 1.82) is 0 Å². The van der Waals surface area contributed by atoms with E-state index in [1.54, 1.807) is 0 Å². The molecule has 0 atom stereocenters. The third kappa shape index (κ3) is 3.22. The fourth-order valence-corrected chi connectivity index (χ4v) is 2.00. The average molecular weight is 258 g/mol. The zero-order valence-electron chi connectivity index (χ0n) is 11.2. The third-order valence-corrected chi connectivity index (χ3v) is 3.03. The predicted octanol–water partition coefficient (Wildman–Crippen LogP) is 2.25. The van der Waals surface area contributed by atoms with E-state index in [2.05, 4.69) is 10.3 Å². The van der Waals surface area contributed by atoms with Gasteiger partial charge in [-0.3, -0.25) is 9.59 Å². The maximum absolute atomic E-state index is 11.9. The van der Waals surface area contributed by atoms with Crippen LogP contribution >= 0.6 is 0 Å². The highest BCUT2D eigenvalue weighted by Gasteiger charge is 2.05. The SMILES string of the molecule is CCCC(=O)NCc1cc2ccc(C)cc2[nH]c1=O. The Balaban J connectivity index is 2.24. The summed E-state index contributed by atoms with van der Waals surface area (Å²) in [7, 11) is 0. The first-order valence-electron chi connectivity index (χ1n) is 6.49. The van der Waals surface area contributed by atoms with Crippen molar-refractivity contribution in [2.75, 3.05) is 0 Å². The van der Waals surface area contributed by atoms with Crippen molar-refractivity contribution in [3.8, 4) is 0 Å². The molecule has 2 aromatic rings. The Morgan fingerprint density at radius 2 is 2.11 bits per heavy atom. The molecule has 1 amide bonds. The normalized spacial score (nSPS) is 10.6. The van der Waals surface area contributed by atoms with Crippen molar-refractivity contribution in [2.45, 2.75) is 33.2 Å². The number of amides is 1. The molecule has 0 radical (unpaired) electrons. The highest BCUT2D eigenvalue weighted by molar-refractivity contribution is 5.80. The Hall–Kier alpha value is -2.10. The topological polar surface area (TPSA) is 62.0 Å². The van der Waals surface area contributed by atoms with Crippen LogP contribution in [-0.4, -0.2) is 10.9 Å². The van der Waals surface area contributed by atoms with E-state index >= 15 is 0 Å². The van der Waals surface area contributed by atoms with Crippen molar-refractivity contribution in [1.82, 2.24) is 10.3 Å². The first-order chi connectivity index (χ1) is 9.10. The Bertz CT molecular complexity index is 659. The van der Waals surface area contributed by atoms with E-state index in [9.17, 15) is 9.59 Å². The van der Waals surface area contributed by atoms with Gasteiger partial charge < -0.3 is 10.3 Å². The molecule has 1 aromatic carbocycles. The Labute approximate surface area is 111 Å². The van der Waals surface area contributed by atoms with E-state index in [-0.39, 0.29) is 18.0 Å². The van der Waals surface area contributed by atoms with Gasteiger partial charge in [-0.15, -0.1) is 0 Å². The van der Waals surface area contributed by atoms with Crippen molar-refractivity contribution in [3.05, 3.63) is 45.7 Å². The number of hydrogen-bond donors (Lipinski definition) is 2. The molecule has 1 aromatic heterocycles. The average Bonchev–Trinajstić information content (AvgIpc) is 2.36. The van der Waals surface area contributed by atoms with E-state index in [1.165, 1.54) is 0 Å². The van der Waals surface area contributed by atoms with Crippen molar-refractivity contribution >= 4 is 16.8 Å². The zero-order chi connectivity index (χ0) is 13.8. The quantitative estimate of drug-likeness (QED) is 0.883. The molecule has 0 bridgehead atoms. The first-order valence-corrected chi connectivity index (χ1v) is 6.49. The summed E-state index contributed by atoms with van der Waals surface area (Å²) in [6.07, 6.45) is 1.30. The molecule has 2 N–H and O–H groups in total. The highest BCUT2D eigenvalue weighted by Crippen LogP contribution is 2.12. The second kappa shape index (κ2) is 5.69. The summed E-state index contributed by atoms with van der Waals surface area (Å²) in [6.45, 7) is 4.21. The number of pyridine rings is 1. The van der Waals surface area contributed by atoms with Crippen LogP contribution in [0.15, 0.2) is 29.1 Å². The van der Waals surface area contributed by atoms with E-state index in [1.807, 2.05) is 38.1 Å². The smallest absolute Gasteiger partial charge is 0.253 e. The number of carbonyl (C=O) groups is 1. The van der Waals surface area contributed by atoms with Gasteiger partial charge in [-0.25, -0.2) is 0 Å². The van der Waals surface area contributed by atoms with Gasteiger partial charge in [-0.1, -0.05) is 19.1 Å². The molecule has 4 heteroatoms. The summed E-state index contributed by atoms with van der Waals surface area (Å²) in [5.74, 6) is -0.0223. The molecular formula is C15H18N2O2. The summed E-state index contributed by atoms with van der Waals surface area (Å²) in [6, 6.07) is 7.74. The molecule has 2 rings (SSSR count). The number of rotatable bonds is 4. The van der Waals surface area contributed by atoms with E-state index < -0.39 is 0 Å². The van der Waals surface area contributed by atoms with Crippen LogP contribution in [0, 0.1) is 6.92 Å². The lowest BCUT2D eigenvalue weighted by Gasteiger charge is -2.06. The second-order valence-electron chi connectivity index (χ2n) is 4.74. The maximum atomic E-state index is 11.9. The fourth-order valence-electron chi connectivity index (χ4n) is 2.00. The molecule has 19 heavy (non-hydrogen) atoms. The van der Waals surface area contributed by atoms with Crippen LogP contribution in [0.3, 0.4) is 0 Å². The molecule has 1 heterocycles. The highest BCUT2D eigenvalue weighted by atomic mass is 16.1. The predicted molar refractivity (Wildman–Crippen MR) is 76.1 cm³/mol. The molecule has 4 nitrogen and oxygen atoms in total. The number of aryl methyl sites for hydroxylation is 1. The summed E-state index contributed by atoms with van der Waals surface area (Å²) in [4.78, 5) is 26.2. The van der Waals surface area contributed by atoms with E-state index in [4.69, 9.17) is 0 Å². The van der Waals surface area contributed by atoms with Crippen molar-refractivity contribution in [2.24, 2.45) is 0 Å². The lowest BCUT2D eigenvalue weighted by Crippen LogP contribution is -2.26. The lowest BCUT2D eigenvalue weighted by molar-refractivity contribution is -0.121. The number of benzene rings is 1. The van der Waals surface area contributed by atoms with E-state index in [0.717, 1.165) is 22.9 Å². The van der Waals surface area contributed by atoms with Crippen LogP contribution in [0.25, 0.3) is 10.9 Å². The summed E-state index contributed by atoms with van der Waals surface area (Å²) in [5.41, 5.74) is 2.37. The molecule has 0 aliphatic heterocycles. The number of aromatic amines is 1. The Kier molecular flexibility index (Phi) is 4.00. The van der Waals surface area contributed by atoms with Gasteiger partial charge in [0.25, 0.3) is 5.56 Å². The van der Waals surface area contributed by atoms with Crippen LogP contribution in [0.4, 0.5) is 0 Å². The Morgan fingerprint density at radius 3 is 2.84 bits per heavy atom. The molecule has 100 valence electrons. The zero-order valence-corrected chi connectivity index (χ0v) is 11.2. The number of hydrogen-bond acceptors (Lipinski definition) is 2. The molecular weight excluding hydrogens is 240 g/mol. The van der Waals surface area contributed by atoms with Gasteiger partial charge in [0, 0.05) is 24.0 Å². The fraction of sp³-hybridized carbons (Fsp3) is 0.333. The van der Waals surface area contributed by atoms with Crippen molar-refractivity contribution in [3.63, 3.8) is 0 Å². The number of nitrogens with one attached hydrogen (secondary N) is 2. The third-order valence-electron chi connectivity index (χ3n) is 3.03. The van der Waals surface area contributed by atoms with Gasteiger partial charge in [-0.05, 0) is 36.4 Å². The van der Waals surface area contributed by atoms with Gasteiger partial charge in [0.1, 0.15) is 0 Å². The monoisotopic (exact) mass is 258 g/mol. The number of fused-ring (bicyclic) bond motifs is 1. The molecule has 0 aliphatic carbocycles. The van der Waals surface area contributed by atoms with Gasteiger partial charge >= 0.3 is 0 Å². The standard InChI is InChI=1S/C15H18N2O2/c1-3-4-14(18)16-9-12-8-11-6-5-10(2)7-13(11)17-15(12)19/h5-8H,3-4,9H2,1-2H3,(H,16,18)(H,17,19). The summed E-state index contributed by atoms with van der Waals surface area (Å²) in [5, 5.41) is 3.73. The van der Waals surface area contributed by atoms with Crippen LogP contribution in [0.1, 0.15) is 30.9 Å². The van der Waals surface area contributed by atoms with Crippen molar-refractivity contribution < 1.29 is 4.79 Å². The minimum atomic E-state index is -0.144. The van der Waals surface area contributed by atoms with Gasteiger partial charge in [0.15, 0.2) is 0 Å². The van der Waals surface area contributed by atoms with Crippen LogP contribution in [0.2, 0.25) is 0 Å². The molecule has 0 saturated heterocycles. The Morgan fingerprint density at radius 1 is 1.32 bits per heavy atom. The van der Waals surface area contributed by atoms with Gasteiger partial charge in [0.2, 0.25) is 5.91 Å². The number of aromatic nitrogens is 1. The van der Waals surface area contributed by atoms with Crippen LogP contribution in [0.5, 0.6) is 0 Å². The maximum Gasteiger partial charge on any atom is 0.253 e. The summed E-state index contributed by atoms with van der Waals surface area (Å²) >= 11 is 0. The first kappa shape index (κ1) is 13.3. The van der Waals surface area contributed by atoms with Crippen LogP contribution in [-0.2, 0) is 11.3 Å². The number of carbonyl (C=O) groups excluding carboxylic acids is 1. The van der Waals surface area contributed by atoms with Gasteiger partial charge in [0.05, 0.1) is 0 Å². The largest absolute Gasteiger partial charge is 0.352 e. The molecule has 0 aliphatic rings. The molecule has 0 saturated carbocycles. The van der Waals surface area contributed by atoms with Gasteiger partial charge in [-0.2, -0.15) is 0 Å². The van der Waals surface area contributed by atoms with E-state index in [0.29, 0.717) is 12.0 Å². The number of H-pyrrole nitrogens is 1. The molecule has 0 spiro atoms. The lowest BCUT2D eigenvalue weighted by atomic mass is 10.1. The minimum Gasteiger partial charge on any atom is -0.352 e. The second-order valence-corrected chi connectivity index (χ2v) is 4.74. The summed E-state index contributed by atoms with van der Waals surface area (Å²) < 4.78 is 0.